The van der Waals surface area contributed by atoms with Gasteiger partial charge in [0.15, 0.2) is 0 Å². The highest BCUT2D eigenvalue weighted by Crippen LogP contribution is 2.24. The lowest BCUT2D eigenvalue weighted by Crippen LogP contribution is -2.29. The van der Waals surface area contributed by atoms with Gasteiger partial charge in [0.05, 0.1) is 11.0 Å². The van der Waals surface area contributed by atoms with Gasteiger partial charge in [-0.15, -0.1) is 0 Å². The number of hydrogen-bond donors (Lipinski definition) is 2. The lowest BCUT2D eigenvalue weighted by Gasteiger charge is -2.20. The van der Waals surface area contributed by atoms with Crippen molar-refractivity contribution in [3.8, 4) is 0 Å². The third kappa shape index (κ3) is 2.83. The Bertz CT molecular complexity index is 512. The molecule has 0 bridgehead atoms. The normalized spacial score (nSPS) is 14.6. The highest BCUT2D eigenvalue weighted by atomic mass is 15.2. The lowest BCUT2D eigenvalue weighted by atomic mass is 9.94. The first-order valence-corrected chi connectivity index (χ1v) is 6.41. The summed E-state index contributed by atoms with van der Waals surface area (Å²) in [7, 11) is 0. The minimum atomic E-state index is 0.173. The zero-order valence-electron chi connectivity index (χ0n) is 10.9. The van der Waals surface area contributed by atoms with Gasteiger partial charge in [0.2, 0.25) is 0 Å². The molecule has 2 unspecified atom stereocenters. The fourth-order valence-corrected chi connectivity index (χ4v) is 2.07. The average molecular weight is 244 g/mol. The zero-order chi connectivity index (χ0) is 13.0. The minimum absolute atomic E-state index is 0.173. The fourth-order valence-electron chi connectivity index (χ4n) is 2.07. The van der Waals surface area contributed by atoms with Gasteiger partial charge in [-0.25, -0.2) is 0 Å². The topological polar surface area (TPSA) is 63.8 Å². The van der Waals surface area contributed by atoms with E-state index < -0.39 is 0 Å². The second kappa shape index (κ2) is 5.89. The van der Waals surface area contributed by atoms with Crippen LogP contribution in [0.4, 0.5) is 0 Å². The zero-order valence-corrected chi connectivity index (χ0v) is 10.9. The van der Waals surface area contributed by atoms with Crippen molar-refractivity contribution in [3.05, 3.63) is 36.2 Å². The molecule has 96 valence electrons. The quantitative estimate of drug-likeness (QED) is 0.626. The van der Waals surface area contributed by atoms with Gasteiger partial charge in [-0.2, -0.15) is 0 Å². The third-order valence-electron chi connectivity index (χ3n) is 3.43. The van der Waals surface area contributed by atoms with E-state index >= 15 is 0 Å². The van der Waals surface area contributed by atoms with Crippen molar-refractivity contribution >= 4 is 11.0 Å². The van der Waals surface area contributed by atoms with Gasteiger partial charge >= 0.3 is 0 Å². The van der Waals surface area contributed by atoms with E-state index in [0.717, 1.165) is 23.9 Å². The Balaban J connectivity index is 2.27. The van der Waals surface area contributed by atoms with Crippen LogP contribution in [0.1, 0.15) is 38.3 Å². The molecule has 0 saturated carbocycles. The van der Waals surface area contributed by atoms with Crippen molar-refractivity contribution in [1.29, 1.82) is 0 Å². The predicted octanol–water partition coefficient (Wildman–Crippen LogP) is 2.57. The molecule has 0 amide bonds. The van der Waals surface area contributed by atoms with Crippen LogP contribution in [0.3, 0.4) is 0 Å². The molecule has 4 nitrogen and oxygen atoms in total. The number of aromatic nitrogens is 2. The molecule has 1 aromatic heterocycles. The molecule has 3 N–H and O–H groups in total. The summed E-state index contributed by atoms with van der Waals surface area (Å²) in [5, 5.41) is 0. The molecule has 0 radical (unpaired) electrons. The molecule has 2 rings (SSSR count). The summed E-state index contributed by atoms with van der Waals surface area (Å²) in [6.07, 6.45) is 5.61. The van der Waals surface area contributed by atoms with Crippen LogP contribution in [0.2, 0.25) is 0 Å². The van der Waals surface area contributed by atoms with E-state index in [1.165, 1.54) is 5.56 Å². The summed E-state index contributed by atoms with van der Waals surface area (Å²) in [5.41, 5.74) is 5.91. The summed E-state index contributed by atoms with van der Waals surface area (Å²) in [6.45, 7) is 4.44. The van der Waals surface area contributed by atoms with Crippen molar-refractivity contribution in [3.63, 3.8) is 0 Å². The van der Waals surface area contributed by atoms with Crippen LogP contribution in [0.15, 0.2) is 30.6 Å². The molecule has 1 aromatic carbocycles. The first-order valence-electron chi connectivity index (χ1n) is 6.41. The molecule has 0 saturated heterocycles. The van der Waals surface area contributed by atoms with E-state index in [1.807, 2.05) is 6.07 Å². The Hall–Kier alpha value is -1.52. The molecular weight excluding hydrogens is 224 g/mol. The number of nitrogens with two attached hydrogens (primary N) is 1. The van der Waals surface area contributed by atoms with E-state index in [4.69, 9.17) is 5.84 Å². The number of benzene rings is 1. The Kier molecular flexibility index (Phi) is 4.23. The summed E-state index contributed by atoms with van der Waals surface area (Å²) < 4.78 is 0. The first-order chi connectivity index (χ1) is 8.74. The molecule has 2 atom stereocenters. The van der Waals surface area contributed by atoms with Gasteiger partial charge in [0, 0.05) is 18.4 Å². The average Bonchev–Trinajstić information content (AvgIpc) is 2.44. The van der Waals surface area contributed by atoms with Crippen molar-refractivity contribution in [2.45, 2.75) is 32.7 Å². The van der Waals surface area contributed by atoms with E-state index in [-0.39, 0.29) is 6.04 Å². The van der Waals surface area contributed by atoms with Crippen molar-refractivity contribution in [1.82, 2.24) is 15.4 Å². The van der Waals surface area contributed by atoms with Crippen LogP contribution in [-0.4, -0.2) is 9.97 Å². The van der Waals surface area contributed by atoms with Crippen LogP contribution in [-0.2, 0) is 0 Å². The summed E-state index contributed by atoms with van der Waals surface area (Å²) in [6, 6.07) is 6.31. The number of hydrogen-bond acceptors (Lipinski definition) is 4. The van der Waals surface area contributed by atoms with Gasteiger partial charge in [-0.1, -0.05) is 26.3 Å². The Morgan fingerprint density at radius 2 is 1.94 bits per heavy atom. The molecule has 1 heterocycles. The van der Waals surface area contributed by atoms with Gasteiger partial charge in [-0.05, 0) is 30.0 Å². The molecule has 2 aromatic rings. The summed E-state index contributed by atoms with van der Waals surface area (Å²) in [4.78, 5) is 8.60. The van der Waals surface area contributed by atoms with Crippen LogP contribution in [0, 0.1) is 5.92 Å². The highest BCUT2D eigenvalue weighted by molar-refractivity contribution is 5.74. The molecule has 0 aliphatic carbocycles. The van der Waals surface area contributed by atoms with Crippen LogP contribution in [0.25, 0.3) is 11.0 Å². The van der Waals surface area contributed by atoms with E-state index in [1.54, 1.807) is 12.4 Å². The molecular formula is C14H20N4. The fraction of sp³-hybridized carbons (Fsp3) is 0.429. The van der Waals surface area contributed by atoms with Crippen LogP contribution >= 0.6 is 0 Å². The standard InChI is InChI=1S/C14H20N4/c1-3-10(2)8-13(18-15)11-4-5-12-14(9-11)17-7-6-16-12/h4-7,9-10,13,18H,3,8,15H2,1-2H3. The number of rotatable bonds is 5. The largest absolute Gasteiger partial charge is 0.271 e. The van der Waals surface area contributed by atoms with E-state index in [9.17, 15) is 0 Å². The molecule has 4 heteroatoms. The number of fused-ring (bicyclic) bond motifs is 1. The number of nitrogens with zero attached hydrogens (tertiary/aromatic N) is 2. The smallest absolute Gasteiger partial charge is 0.0890 e. The van der Waals surface area contributed by atoms with E-state index in [0.29, 0.717) is 5.92 Å². The van der Waals surface area contributed by atoms with E-state index in [2.05, 4.69) is 41.4 Å². The Labute approximate surface area is 108 Å². The van der Waals surface area contributed by atoms with Crippen LogP contribution < -0.4 is 11.3 Å². The maximum atomic E-state index is 5.67. The lowest BCUT2D eigenvalue weighted by molar-refractivity contribution is 0.408. The van der Waals surface area contributed by atoms with Gasteiger partial charge < -0.3 is 0 Å². The predicted molar refractivity (Wildman–Crippen MR) is 73.7 cm³/mol. The van der Waals surface area contributed by atoms with Crippen molar-refractivity contribution in [2.75, 3.05) is 0 Å². The number of hydrazine groups is 1. The maximum absolute atomic E-state index is 5.67. The Morgan fingerprint density at radius 1 is 1.22 bits per heavy atom. The summed E-state index contributed by atoms with van der Waals surface area (Å²) in [5.74, 6) is 6.31. The van der Waals surface area contributed by atoms with Gasteiger partial charge in [0.25, 0.3) is 0 Å². The third-order valence-corrected chi connectivity index (χ3v) is 3.43. The van der Waals surface area contributed by atoms with Crippen molar-refractivity contribution in [2.24, 2.45) is 11.8 Å². The monoisotopic (exact) mass is 244 g/mol. The number of nitrogens with one attached hydrogen (secondary N) is 1. The molecule has 0 aliphatic rings. The SMILES string of the molecule is CCC(C)CC(NN)c1ccc2nccnc2c1. The molecule has 0 aliphatic heterocycles. The molecule has 0 spiro atoms. The molecule has 0 fully saturated rings. The van der Waals surface area contributed by atoms with Gasteiger partial charge in [0.1, 0.15) is 0 Å². The van der Waals surface area contributed by atoms with Crippen LogP contribution in [0.5, 0.6) is 0 Å². The minimum Gasteiger partial charge on any atom is -0.271 e. The maximum Gasteiger partial charge on any atom is 0.0890 e. The summed E-state index contributed by atoms with van der Waals surface area (Å²) >= 11 is 0. The van der Waals surface area contributed by atoms with Crippen molar-refractivity contribution < 1.29 is 0 Å². The molecule has 18 heavy (non-hydrogen) atoms. The Morgan fingerprint density at radius 3 is 2.61 bits per heavy atom. The second-order valence-corrected chi connectivity index (χ2v) is 4.77. The second-order valence-electron chi connectivity index (χ2n) is 4.77. The highest BCUT2D eigenvalue weighted by Gasteiger charge is 2.13. The first kappa shape index (κ1) is 12.9. The van der Waals surface area contributed by atoms with Gasteiger partial charge in [-0.3, -0.25) is 21.2 Å².